The Balaban J connectivity index is 1.90. The quantitative estimate of drug-likeness (QED) is 0.685. The minimum atomic E-state index is -0.296. The highest BCUT2D eigenvalue weighted by molar-refractivity contribution is 5.87. The zero-order valence-corrected chi connectivity index (χ0v) is 8.86. The number of hydrogen-bond acceptors (Lipinski definition) is 4. The largest absolute Gasteiger partial charge is 0.451 e. The van der Waals surface area contributed by atoms with Crippen LogP contribution in [0, 0.1) is 5.92 Å². The van der Waals surface area contributed by atoms with Crippen molar-refractivity contribution in [2.24, 2.45) is 10.9 Å². The summed E-state index contributed by atoms with van der Waals surface area (Å²) in [5.41, 5.74) is 0. The van der Waals surface area contributed by atoms with Crippen molar-refractivity contribution < 1.29 is 14.3 Å². The van der Waals surface area contributed by atoms with E-state index in [1.807, 2.05) is 0 Å². The molecule has 0 saturated carbocycles. The first-order chi connectivity index (χ1) is 7.31. The molecular weight excluding hydrogens is 196 g/mol. The van der Waals surface area contributed by atoms with Gasteiger partial charge in [-0.15, -0.1) is 0 Å². The summed E-state index contributed by atoms with van der Waals surface area (Å²) in [5.74, 6) is 0.163. The highest BCUT2D eigenvalue weighted by Gasteiger charge is 2.38. The summed E-state index contributed by atoms with van der Waals surface area (Å²) >= 11 is 0. The molecule has 0 bridgehead atoms. The molecule has 0 radical (unpaired) electrons. The molecule has 2 atom stereocenters. The lowest BCUT2D eigenvalue weighted by atomic mass is 10.1. The van der Waals surface area contributed by atoms with Gasteiger partial charge in [0.15, 0.2) is 0 Å². The summed E-state index contributed by atoms with van der Waals surface area (Å²) in [4.78, 5) is 15.5. The number of aliphatic imine (C=N–C) groups is 1. The second kappa shape index (κ2) is 4.51. The molecule has 15 heavy (non-hydrogen) atoms. The predicted octanol–water partition coefficient (Wildman–Crippen LogP) is 0.304. The lowest BCUT2D eigenvalue weighted by Gasteiger charge is -2.21. The van der Waals surface area contributed by atoms with Crippen molar-refractivity contribution in [3.8, 4) is 0 Å². The van der Waals surface area contributed by atoms with Gasteiger partial charge in [-0.1, -0.05) is 13.3 Å². The van der Waals surface area contributed by atoms with Crippen molar-refractivity contribution >= 4 is 12.0 Å². The molecule has 2 rings (SSSR count). The molecule has 1 N–H and O–H groups in total. The van der Waals surface area contributed by atoms with E-state index in [9.17, 15) is 4.79 Å². The fourth-order valence-corrected chi connectivity index (χ4v) is 1.69. The van der Waals surface area contributed by atoms with Crippen LogP contribution in [0.4, 0.5) is 0 Å². The molecule has 0 aromatic carbocycles. The van der Waals surface area contributed by atoms with E-state index in [-0.39, 0.29) is 24.0 Å². The monoisotopic (exact) mass is 212 g/mol. The number of amides is 1. The van der Waals surface area contributed by atoms with Crippen LogP contribution < -0.4 is 5.32 Å². The van der Waals surface area contributed by atoms with Crippen LogP contribution in [0.3, 0.4) is 0 Å². The van der Waals surface area contributed by atoms with E-state index >= 15 is 0 Å². The molecule has 5 nitrogen and oxygen atoms in total. The second-order valence-corrected chi connectivity index (χ2v) is 3.86. The Morgan fingerprint density at radius 3 is 3.33 bits per heavy atom. The Morgan fingerprint density at radius 2 is 2.53 bits per heavy atom. The maximum atomic E-state index is 11.4. The predicted molar refractivity (Wildman–Crippen MR) is 54.5 cm³/mol. The molecule has 2 aliphatic heterocycles. The topological polar surface area (TPSA) is 59.9 Å². The lowest BCUT2D eigenvalue weighted by molar-refractivity contribution is -0.120. The second-order valence-electron chi connectivity index (χ2n) is 3.86. The summed E-state index contributed by atoms with van der Waals surface area (Å²) in [6, 6.07) is -0.296. The van der Waals surface area contributed by atoms with E-state index in [1.54, 1.807) is 0 Å². The van der Waals surface area contributed by atoms with Crippen LogP contribution in [0.2, 0.25) is 0 Å². The molecule has 1 saturated heterocycles. The molecular formula is C10H16N2O3. The average Bonchev–Trinajstić information content (AvgIpc) is 2.61. The van der Waals surface area contributed by atoms with Crippen molar-refractivity contribution in [1.29, 1.82) is 0 Å². The highest BCUT2D eigenvalue weighted by atomic mass is 16.7. The van der Waals surface area contributed by atoms with E-state index in [4.69, 9.17) is 9.47 Å². The van der Waals surface area contributed by atoms with Crippen LogP contribution >= 0.6 is 0 Å². The SMILES string of the molecule is CCCCOC1=NC2C(=O)NCC2CO1. The molecule has 0 aromatic rings. The zero-order valence-electron chi connectivity index (χ0n) is 8.86. The van der Waals surface area contributed by atoms with Gasteiger partial charge in [-0.2, -0.15) is 0 Å². The fourth-order valence-electron chi connectivity index (χ4n) is 1.69. The summed E-state index contributed by atoms with van der Waals surface area (Å²) in [5, 5.41) is 2.77. The molecule has 84 valence electrons. The molecule has 0 aromatic heterocycles. The van der Waals surface area contributed by atoms with Gasteiger partial charge in [-0.25, -0.2) is 4.99 Å². The highest BCUT2D eigenvalue weighted by Crippen LogP contribution is 2.19. The van der Waals surface area contributed by atoms with E-state index in [1.165, 1.54) is 0 Å². The number of fused-ring (bicyclic) bond motifs is 1. The maximum absolute atomic E-state index is 11.4. The van der Waals surface area contributed by atoms with Crippen LogP contribution in [-0.4, -0.2) is 37.8 Å². The van der Waals surface area contributed by atoms with Gasteiger partial charge >= 0.3 is 6.08 Å². The molecule has 2 aliphatic rings. The maximum Gasteiger partial charge on any atom is 0.384 e. The number of hydrogen-bond donors (Lipinski definition) is 1. The Morgan fingerprint density at radius 1 is 1.67 bits per heavy atom. The first kappa shape index (κ1) is 10.3. The molecule has 2 heterocycles. The lowest BCUT2D eigenvalue weighted by Crippen LogP contribution is -2.33. The van der Waals surface area contributed by atoms with Crippen molar-refractivity contribution in [2.45, 2.75) is 25.8 Å². The minimum Gasteiger partial charge on any atom is -0.451 e. The normalized spacial score (nSPS) is 28.9. The van der Waals surface area contributed by atoms with Gasteiger partial charge in [-0.05, 0) is 6.42 Å². The van der Waals surface area contributed by atoms with Gasteiger partial charge in [0.2, 0.25) is 5.91 Å². The first-order valence-corrected chi connectivity index (χ1v) is 5.42. The number of carbonyl (C=O) groups excluding carboxylic acids is 1. The fraction of sp³-hybridized carbons (Fsp3) is 0.800. The Bertz CT molecular complexity index is 278. The number of unbranched alkanes of at least 4 members (excludes halogenated alkanes) is 1. The molecule has 2 unspecified atom stereocenters. The molecule has 1 amide bonds. The third kappa shape index (κ3) is 2.22. The Hall–Kier alpha value is -1.26. The zero-order chi connectivity index (χ0) is 10.7. The van der Waals surface area contributed by atoms with Gasteiger partial charge in [0, 0.05) is 12.5 Å². The summed E-state index contributed by atoms with van der Waals surface area (Å²) in [6.45, 7) is 3.88. The summed E-state index contributed by atoms with van der Waals surface area (Å²) < 4.78 is 10.6. The van der Waals surface area contributed by atoms with E-state index in [0.29, 0.717) is 19.8 Å². The number of carbonyl (C=O) groups is 1. The molecule has 0 aliphatic carbocycles. The number of ether oxygens (including phenoxy) is 2. The van der Waals surface area contributed by atoms with Crippen molar-refractivity contribution in [2.75, 3.05) is 19.8 Å². The van der Waals surface area contributed by atoms with Gasteiger partial charge in [0.1, 0.15) is 12.6 Å². The number of rotatable bonds is 3. The Kier molecular flexibility index (Phi) is 3.08. The van der Waals surface area contributed by atoms with Crippen LogP contribution in [0.15, 0.2) is 4.99 Å². The summed E-state index contributed by atoms with van der Waals surface area (Å²) in [6.07, 6.45) is 2.32. The molecule has 0 spiro atoms. The van der Waals surface area contributed by atoms with E-state index in [0.717, 1.165) is 12.8 Å². The van der Waals surface area contributed by atoms with Gasteiger partial charge in [0.05, 0.1) is 6.61 Å². The van der Waals surface area contributed by atoms with Crippen molar-refractivity contribution in [3.63, 3.8) is 0 Å². The van der Waals surface area contributed by atoms with Crippen molar-refractivity contribution in [3.05, 3.63) is 0 Å². The van der Waals surface area contributed by atoms with Crippen LogP contribution in [0.5, 0.6) is 0 Å². The Labute approximate surface area is 88.8 Å². The summed E-state index contributed by atoms with van der Waals surface area (Å²) in [7, 11) is 0. The molecule has 5 heteroatoms. The third-order valence-corrected chi connectivity index (χ3v) is 2.64. The average molecular weight is 212 g/mol. The number of nitrogens with one attached hydrogen (secondary N) is 1. The van der Waals surface area contributed by atoms with E-state index in [2.05, 4.69) is 17.2 Å². The standard InChI is InChI=1S/C10H16N2O3/c1-2-3-4-14-10-12-8-7(6-15-10)5-11-9(8)13/h7-8H,2-6H2,1H3,(H,11,13). The van der Waals surface area contributed by atoms with Gasteiger partial charge in [0.25, 0.3) is 0 Å². The van der Waals surface area contributed by atoms with Gasteiger partial charge in [-0.3, -0.25) is 4.79 Å². The first-order valence-electron chi connectivity index (χ1n) is 5.42. The smallest absolute Gasteiger partial charge is 0.384 e. The van der Waals surface area contributed by atoms with Crippen LogP contribution in [0.25, 0.3) is 0 Å². The minimum absolute atomic E-state index is 0.0140. The van der Waals surface area contributed by atoms with Crippen LogP contribution in [0.1, 0.15) is 19.8 Å². The van der Waals surface area contributed by atoms with Crippen molar-refractivity contribution in [1.82, 2.24) is 5.32 Å². The molecule has 1 fully saturated rings. The number of nitrogens with zero attached hydrogens (tertiary/aromatic N) is 1. The van der Waals surface area contributed by atoms with E-state index < -0.39 is 0 Å². The third-order valence-electron chi connectivity index (χ3n) is 2.64. The van der Waals surface area contributed by atoms with Gasteiger partial charge < -0.3 is 14.8 Å². The van der Waals surface area contributed by atoms with Crippen LogP contribution in [-0.2, 0) is 14.3 Å².